The van der Waals surface area contributed by atoms with Crippen LogP contribution in [0.25, 0.3) is 0 Å². The van der Waals surface area contributed by atoms with Crippen molar-refractivity contribution in [1.29, 1.82) is 0 Å². The molecule has 0 amide bonds. The van der Waals surface area contributed by atoms with Gasteiger partial charge in [0.2, 0.25) is 0 Å². The van der Waals surface area contributed by atoms with Crippen LogP contribution in [-0.2, 0) is 7.05 Å². The van der Waals surface area contributed by atoms with Crippen LogP contribution in [0.1, 0.15) is 31.1 Å². The van der Waals surface area contributed by atoms with E-state index < -0.39 is 0 Å². The van der Waals surface area contributed by atoms with E-state index >= 15 is 0 Å². The maximum absolute atomic E-state index is 6.17. The molecule has 1 aromatic heterocycles. The number of nitrogens with two attached hydrogens (primary N) is 1. The highest BCUT2D eigenvalue weighted by molar-refractivity contribution is 8.00. The van der Waals surface area contributed by atoms with Gasteiger partial charge in [-0.25, -0.2) is 0 Å². The number of rotatable bonds is 2. The normalized spacial score (nSPS) is 24.9. The summed E-state index contributed by atoms with van der Waals surface area (Å²) in [5, 5.41) is 8.45. The third kappa shape index (κ3) is 1.93. The average Bonchev–Trinajstić information content (AvgIpc) is 2.65. The molecule has 0 spiro atoms. The van der Waals surface area contributed by atoms with Crippen LogP contribution in [0.15, 0.2) is 6.33 Å². The van der Waals surface area contributed by atoms with Gasteiger partial charge >= 0.3 is 0 Å². The van der Waals surface area contributed by atoms with E-state index in [9.17, 15) is 0 Å². The molecule has 0 aromatic carbocycles. The molecule has 2 unspecified atom stereocenters. The third-order valence-corrected chi connectivity index (χ3v) is 4.14. The molecule has 14 heavy (non-hydrogen) atoms. The summed E-state index contributed by atoms with van der Waals surface area (Å²) in [4.78, 5) is 0. The van der Waals surface area contributed by atoms with Crippen LogP contribution in [0, 0.1) is 0 Å². The quantitative estimate of drug-likeness (QED) is 0.797. The molecule has 78 valence electrons. The number of nitrogens with zero attached hydrogens (tertiary/aromatic N) is 3. The van der Waals surface area contributed by atoms with Crippen molar-refractivity contribution in [2.75, 3.05) is 5.75 Å². The molecule has 1 fully saturated rings. The van der Waals surface area contributed by atoms with Crippen molar-refractivity contribution in [2.24, 2.45) is 12.8 Å². The molecule has 1 aliphatic rings. The topological polar surface area (TPSA) is 56.7 Å². The molecular weight excluding hydrogens is 196 g/mol. The summed E-state index contributed by atoms with van der Waals surface area (Å²) < 4.78 is 1.92. The van der Waals surface area contributed by atoms with Crippen molar-refractivity contribution in [3.8, 4) is 0 Å². The van der Waals surface area contributed by atoms with Crippen LogP contribution in [0.3, 0.4) is 0 Å². The Bertz CT molecular complexity index is 293. The zero-order valence-electron chi connectivity index (χ0n) is 8.39. The lowest BCUT2D eigenvalue weighted by Gasteiger charge is -2.26. The van der Waals surface area contributed by atoms with Crippen molar-refractivity contribution in [3.05, 3.63) is 12.2 Å². The van der Waals surface area contributed by atoms with Crippen LogP contribution in [-0.4, -0.2) is 25.8 Å². The van der Waals surface area contributed by atoms with Gasteiger partial charge in [-0.05, 0) is 18.6 Å². The maximum atomic E-state index is 6.17. The SMILES string of the molecule is Cn1cnnc1C(N)C1CCCCS1. The molecule has 2 N–H and O–H groups in total. The summed E-state index contributed by atoms with van der Waals surface area (Å²) in [6, 6.07) is 0.0350. The minimum atomic E-state index is 0.0350. The molecule has 2 heterocycles. The average molecular weight is 212 g/mol. The van der Waals surface area contributed by atoms with Crippen LogP contribution in [0.2, 0.25) is 0 Å². The minimum absolute atomic E-state index is 0.0350. The monoisotopic (exact) mass is 212 g/mol. The predicted molar refractivity (Wildman–Crippen MR) is 58.0 cm³/mol. The highest BCUT2D eigenvalue weighted by atomic mass is 32.2. The first-order valence-electron chi connectivity index (χ1n) is 5.00. The van der Waals surface area contributed by atoms with E-state index in [1.807, 2.05) is 23.4 Å². The van der Waals surface area contributed by atoms with Gasteiger partial charge < -0.3 is 10.3 Å². The van der Waals surface area contributed by atoms with Gasteiger partial charge in [0.05, 0.1) is 6.04 Å². The molecule has 2 rings (SSSR count). The standard InChI is InChI=1S/C9H16N4S/c1-13-6-11-12-9(13)8(10)7-4-2-3-5-14-7/h6-8H,2-5,10H2,1H3. The summed E-state index contributed by atoms with van der Waals surface area (Å²) in [5.41, 5.74) is 6.17. The number of aryl methyl sites for hydroxylation is 1. The van der Waals surface area contributed by atoms with Crippen LogP contribution < -0.4 is 5.73 Å². The molecule has 0 bridgehead atoms. The fourth-order valence-electron chi connectivity index (χ4n) is 1.81. The van der Waals surface area contributed by atoms with Gasteiger partial charge in [-0.2, -0.15) is 11.8 Å². The second-order valence-electron chi connectivity index (χ2n) is 3.73. The molecule has 1 aromatic rings. The summed E-state index contributed by atoms with van der Waals surface area (Å²) in [5.74, 6) is 2.14. The maximum Gasteiger partial charge on any atom is 0.150 e. The van der Waals surface area contributed by atoms with Crippen molar-refractivity contribution >= 4 is 11.8 Å². The highest BCUT2D eigenvalue weighted by Gasteiger charge is 2.25. The fraction of sp³-hybridized carbons (Fsp3) is 0.778. The van der Waals surface area contributed by atoms with E-state index in [4.69, 9.17) is 5.73 Å². The van der Waals surface area contributed by atoms with Crippen LogP contribution in [0.4, 0.5) is 0 Å². The van der Waals surface area contributed by atoms with Gasteiger partial charge in [0.15, 0.2) is 5.82 Å². The molecule has 2 atom stereocenters. The highest BCUT2D eigenvalue weighted by Crippen LogP contribution is 2.32. The molecule has 1 saturated heterocycles. The van der Waals surface area contributed by atoms with Crippen molar-refractivity contribution < 1.29 is 0 Å². The smallest absolute Gasteiger partial charge is 0.150 e. The second kappa shape index (κ2) is 4.31. The Morgan fingerprint density at radius 3 is 3.07 bits per heavy atom. The zero-order chi connectivity index (χ0) is 9.97. The Labute approximate surface area is 88.3 Å². The van der Waals surface area contributed by atoms with Gasteiger partial charge in [0.1, 0.15) is 6.33 Å². The van der Waals surface area contributed by atoms with E-state index in [0.717, 1.165) is 5.82 Å². The molecular formula is C9H16N4S. The van der Waals surface area contributed by atoms with Gasteiger partial charge in [0.25, 0.3) is 0 Å². The summed E-state index contributed by atoms with van der Waals surface area (Å²) in [6.07, 6.45) is 5.54. The Balaban J connectivity index is 2.07. The van der Waals surface area contributed by atoms with E-state index in [2.05, 4.69) is 10.2 Å². The zero-order valence-corrected chi connectivity index (χ0v) is 9.20. The minimum Gasteiger partial charge on any atom is -0.320 e. The number of hydrogen-bond donors (Lipinski definition) is 1. The summed E-state index contributed by atoms with van der Waals surface area (Å²) in [6.45, 7) is 0. The lowest BCUT2D eigenvalue weighted by Crippen LogP contribution is -2.28. The predicted octanol–water partition coefficient (Wildman–Crippen LogP) is 1.10. The van der Waals surface area contributed by atoms with Crippen molar-refractivity contribution in [2.45, 2.75) is 30.6 Å². The number of hydrogen-bond acceptors (Lipinski definition) is 4. The molecule has 0 saturated carbocycles. The van der Waals surface area contributed by atoms with Crippen molar-refractivity contribution in [1.82, 2.24) is 14.8 Å². The van der Waals surface area contributed by atoms with Gasteiger partial charge in [-0.3, -0.25) is 0 Å². The number of thioether (sulfide) groups is 1. The Morgan fingerprint density at radius 2 is 2.50 bits per heavy atom. The van der Waals surface area contributed by atoms with E-state index in [-0.39, 0.29) is 6.04 Å². The molecule has 4 nitrogen and oxygen atoms in total. The lowest BCUT2D eigenvalue weighted by atomic mass is 10.1. The molecule has 5 heteroatoms. The first kappa shape index (κ1) is 9.98. The fourth-order valence-corrected chi connectivity index (χ4v) is 3.14. The van der Waals surface area contributed by atoms with E-state index in [1.165, 1.54) is 25.0 Å². The van der Waals surface area contributed by atoms with Gasteiger partial charge in [-0.15, -0.1) is 10.2 Å². The van der Waals surface area contributed by atoms with Crippen LogP contribution >= 0.6 is 11.8 Å². The Kier molecular flexibility index (Phi) is 3.08. The van der Waals surface area contributed by atoms with E-state index in [0.29, 0.717) is 5.25 Å². The van der Waals surface area contributed by atoms with Crippen molar-refractivity contribution in [3.63, 3.8) is 0 Å². The Hall–Kier alpha value is -0.550. The van der Waals surface area contributed by atoms with Crippen LogP contribution in [0.5, 0.6) is 0 Å². The molecule has 0 aliphatic carbocycles. The van der Waals surface area contributed by atoms with Gasteiger partial charge in [0, 0.05) is 12.3 Å². The summed E-state index contributed by atoms with van der Waals surface area (Å²) >= 11 is 1.97. The Morgan fingerprint density at radius 1 is 1.64 bits per heavy atom. The molecule has 0 radical (unpaired) electrons. The number of aromatic nitrogens is 3. The lowest BCUT2D eigenvalue weighted by molar-refractivity contribution is 0.545. The summed E-state index contributed by atoms with van der Waals surface area (Å²) in [7, 11) is 1.95. The third-order valence-electron chi connectivity index (χ3n) is 2.66. The first-order valence-corrected chi connectivity index (χ1v) is 6.05. The molecule has 1 aliphatic heterocycles. The second-order valence-corrected chi connectivity index (χ2v) is 5.08. The van der Waals surface area contributed by atoms with E-state index in [1.54, 1.807) is 6.33 Å². The first-order chi connectivity index (χ1) is 6.79. The largest absolute Gasteiger partial charge is 0.320 e. The van der Waals surface area contributed by atoms with Gasteiger partial charge in [-0.1, -0.05) is 6.42 Å².